The molecule has 118 valence electrons. The minimum Gasteiger partial charge on any atom is -0.508 e. The SMILES string of the molecule is CC(C)(C)c1nsc(N(Cc2cccc(O)c2)CC2CC2)n1. The van der Waals surface area contributed by atoms with Crippen LogP contribution in [-0.4, -0.2) is 21.0 Å². The minimum atomic E-state index is -0.0228. The Bertz CT molecular complexity index is 643. The fourth-order valence-electron chi connectivity index (χ4n) is 2.35. The van der Waals surface area contributed by atoms with Gasteiger partial charge in [-0.2, -0.15) is 4.37 Å². The molecule has 3 rings (SSSR count). The molecule has 0 amide bonds. The largest absolute Gasteiger partial charge is 0.508 e. The van der Waals surface area contributed by atoms with Gasteiger partial charge >= 0.3 is 0 Å². The van der Waals surface area contributed by atoms with Gasteiger partial charge in [-0.1, -0.05) is 32.9 Å². The summed E-state index contributed by atoms with van der Waals surface area (Å²) >= 11 is 1.48. The van der Waals surface area contributed by atoms with E-state index in [1.807, 2.05) is 18.2 Å². The van der Waals surface area contributed by atoms with Crippen LogP contribution in [0.4, 0.5) is 5.13 Å². The monoisotopic (exact) mass is 317 g/mol. The number of benzene rings is 1. The quantitative estimate of drug-likeness (QED) is 0.907. The number of hydrogen-bond acceptors (Lipinski definition) is 5. The molecular weight excluding hydrogens is 294 g/mol. The fraction of sp³-hybridized carbons (Fsp3) is 0.529. The van der Waals surface area contributed by atoms with Crippen LogP contribution in [-0.2, 0) is 12.0 Å². The van der Waals surface area contributed by atoms with Crippen molar-refractivity contribution in [3.8, 4) is 5.75 Å². The van der Waals surface area contributed by atoms with Gasteiger partial charge in [0.15, 0.2) is 0 Å². The van der Waals surface area contributed by atoms with E-state index in [1.54, 1.807) is 6.07 Å². The zero-order valence-electron chi connectivity index (χ0n) is 13.4. The van der Waals surface area contributed by atoms with Crippen LogP contribution in [0.3, 0.4) is 0 Å². The van der Waals surface area contributed by atoms with Crippen LogP contribution in [0.2, 0.25) is 0 Å². The van der Waals surface area contributed by atoms with Crippen molar-refractivity contribution in [2.24, 2.45) is 5.92 Å². The number of phenolic OH excluding ortho intramolecular Hbond substituents is 1. The molecule has 1 saturated carbocycles. The molecule has 1 aromatic heterocycles. The molecule has 0 saturated heterocycles. The van der Waals surface area contributed by atoms with Crippen LogP contribution in [0.1, 0.15) is 45.0 Å². The van der Waals surface area contributed by atoms with Gasteiger partial charge in [-0.05, 0) is 36.5 Å². The average molecular weight is 317 g/mol. The van der Waals surface area contributed by atoms with E-state index in [4.69, 9.17) is 4.98 Å². The highest BCUT2D eigenvalue weighted by atomic mass is 32.1. The number of nitrogens with zero attached hydrogens (tertiary/aromatic N) is 3. The second kappa shape index (κ2) is 5.88. The van der Waals surface area contributed by atoms with E-state index in [-0.39, 0.29) is 5.41 Å². The first-order chi connectivity index (χ1) is 10.4. The van der Waals surface area contributed by atoms with Crippen LogP contribution in [0.15, 0.2) is 24.3 Å². The third kappa shape index (κ3) is 3.77. The number of aromatic nitrogens is 2. The molecule has 1 aliphatic carbocycles. The molecule has 1 N–H and O–H groups in total. The Hall–Kier alpha value is -1.62. The van der Waals surface area contributed by atoms with Crippen molar-refractivity contribution in [2.45, 2.75) is 45.6 Å². The van der Waals surface area contributed by atoms with Gasteiger partial charge in [-0.3, -0.25) is 0 Å². The molecule has 0 unspecified atom stereocenters. The van der Waals surface area contributed by atoms with Gasteiger partial charge in [0.1, 0.15) is 11.6 Å². The number of aromatic hydroxyl groups is 1. The normalized spacial score (nSPS) is 15.0. The molecule has 2 aromatic rings. The van der Waals surface area contributed by atoms with Crippen molar-refractivity contribution in [1.82, 2.24) is 9.36 Å². The third-order valence-corrected chi connectivity index (χ3v) is 4.59. The highest BCUT2D eigenvalue weighted by molar-refractivity contribution is 7.09. The molecule has 4 nitrogen and oxygen atoms in total. The smallest absolute Gasteiger partial charge is 0.205 e. The third-order valence-electron chi connectivity index (χ3n) is 3.82. The maximum absolute atomic E-state index is 9.66. The number of hydrogen-bond donors (Lipinski definition) is 1. The zero-order chi connectivity index (χ0) is 15.7. The van der Waals surface area contributed by atoms with E-state index >= 15 is 0 Å². The van der Waals surface area contributed by atoms with Crippen molar-refractivity contribution in [1.29, 1.82) is 0 Å². The molecule has 1 aliphatic rings. The summed E-state index contributed by atoms with van der Waals surface area (Å²) in [6, 6.07) is 7.47. The molecular formula is C17H23N3OS. The summed E-state index contributed by atoms with van der Waals surface area (Å²) < 4.78 is 4.53. The summed E-state index contributed by atoms with van der Waals surface area (Å²) in [5, 5.41) is 10.6. The van der Waals surface area contributed by atoms with Gasteiger partial charge in [0, 0.05) is 30.0 Å². The van der Waals surface area contributed by atoms with Crippen molar-refractivity contribution < 1.29 is 5.11 Å². The standard InChI is InChI=1S/C17H23N3OS/c1-17(2,3)15-18-16(22-19-15)20(10-12-7-8-12)11-13-5-4-6-14(21)9-13/h4-6,9,12,21H,7-8,10-11H2,1-3H3. The first-order valence-electron chi connectivity index (χ1n) is 7.79. The predicted octanol–water partition coefficient (Wildman–Crippen LogP) is 3.96. The van der Waals surface area contributed by atoms with Gasteiger partial charge in [0.05, 0.1) is 0 Å². The molecule has 22 heavy (non-hydrogen) atoms. The highest BCUT2D eigenvalue weighted by Gasteiger charge is 2.27. The van der Waals surface area contributed by atoms with Crippen LogP contribution in [0, 0.1) is 5.92 Å². The molecule has 1 fully saturated rings. The van der Waals surface area contributed by atoms with Crippen LogP contribution in [0.25, 0.3) is 0 Å². The number of anilines is 1. The number of phenols is 1. The number of rotatable bonds is 5. The first kappa shape index (κ1) is 15.3. The fourth-order valence-corrected chi connectivity index (χ4v) is 3.21. The Morgan fingerprint density at radius 2 is 2.09 bits per heavy atom. The lowest BCUT2D eigenvalue weighted by atomic mass is 9.96. The Labute approximate surface area is 136 Å². The predicted molar refractivity (Wildman–Crippen MR) is 90.5 cm³/mol. The molecule has 1 aromatic carbocycles. The van der Waals surface area contributed by atoms with Gasteiger partial charge in [-0.15, -0.1) is 0 Å². The lowest BCUT2D eigenvalue weighted by Gasteiger charge is -2.22. The zero-order valence-corrected chi connectivity index (χ0v) is 14.2. The maximum Gasteiger partial charge on any atom is 0.205 e. The van der Waals surface area contributed by atoms with Crippen LogP contribution in [0.5, 0.6) is 5.75 Å². The second-order valence-electron chi connectivity index (χ2n) is 7.14. The average Bonchev–Trinajstić information content (AvgIpc) is 3.10. The van der Waals surface area contributed by atoms with Gasteiger partial charge < -0.3 is 10.0 Å². The lowest BCUT2D eigenvalue weighted by molar-refractivity contribution is 0.474. The molecule has 0 radical (unpaired) electrons. The second-order valence-corrected chi connectivity index (χ2v) is 7.87. The van der Waals surface area contributed by atoms with E-state index < -0.39 is 0 Å². The Balaban J connectivity index is 1.81. The van der Waals surface area contributed by atoms with E-state index in [1.165, 1.54) is 24.4 Å². The minimum absolute atomic E-state index is 0.0228. The molecule has 0 bridgehead atoms. The summed E-state index contributed by atoms with van der Waals surface area (Å²) in [4.78, 5) is 7.06. The highest BCUT2D eigenvalue weighted by Crippen LogP contribution is 2.34. The van der Waals surface area contributed by atoms with Gasteiger partial charge in [-0.25, -0.2) is 4.98 Å². The maximum atomic E-state index is 9.66. The summed E-state index contributed by atoms with van der Waals surface area (Å²) in [6.45, 7) is 8.20. The van der Waals surface area contributed by atoms with Crippen LogP contribution < -0.4 is 4.90 Å². The first-order valence-corrected chi connectivity index (χ1v) is 8.56. The Morgan fingerprint density at radius 1 is 1.32 bits per heavy atom. The van der Waals surface area contributed by atoms with E-state index in [9.17, 15) is 5.11 Å². The van der Waals surface area contributed by atoms with E-state index in [0.717, 1.165) is 35.5 Å². The Kier molecular flexibility index (Phi) is 4.08. The molecule has 0 aliphatic heterocycles. The Morgan fingerprint density at radius 3 is 2.68 bits per heavy atom. The summed E-state index contributed by atoms with van der Waals surface area (Å²) in [5.41, 5.74) is 1.08. The molecule has 1 heterocycles. The van der Waals surface area contributed by atoms with Gasteiger partial charge in [0.25, 0.3) is 0 Å². The van der Waals surface area contributed by atoms with Crippen molar-refractivity contribution in [3.05, 3.63) is 35.7 Å². The molecule has 0 spiro atoms. The van der Waals surface area contributed by atoms with E-state index in [0.29, 0.717) is 5.75 Å². The summed E-state index contributed by atoms with van der Waals surface area (Å²) in [6.07, 6.45) is 2.61. The molecule has 0 atom stereocenters. The van der Waals surface area contributed by atoms with Crippen molar-refractivity contribution >= 4 is 16.7 Å². The topological polar surface area (TPSA) is 49.2 Å². The van der Waals surface area contributed by atoms with Crippen LogP contribution >= 0.6 is 11.5 Å². The van der Waals surface area contributed by atoms with Crippen molar-refractivity contribution in [2.75, 3.05) is 11.4 Å². The van der Waals surface area contributed by atoms with Gasteiger partial charge in [0.2, 0.25) is 5.13 Å². The van der Waals surface area contributed by atoms with E-state index in [2.05, 4.69) is 30.0 Å². The lowest BCUT2D eigenvalue weighted by Crippen LogP contribution is -2.25. The summed E-state index contributed by atoms with van der Waals surface area (Å²) in [5.74, 6) is 2.00. The van der Waals surface area contributed by atoms with Crippen molar-refractivity contribution in [3.63, 3.8) is 0 Å². The summed E-state index contributed by atoms with van der Waals surface area (Å²) in [7, 11) is 0. The molecule has 5 heteroatoms.